The molecule has 0 bridgehead atoms. The highest BCUT2D eigenvalue weighted by molar-refractivity contribution is 5.37. The lowest BCUT2D eigenvalue weighted by molar-refractivity contribution is 0.176. The molecule has 4 aromatic rings. The van der Waals surface area contributed by atoms with Crippen LogP contribution in [0.15, 0.2) is 121 Å². The molecule has 0 N–H and O–H groups in total. The van der Waals surface area contributed by atoms with Crippen molar-refractivity contribution in [2.75, 3.05) is 6.54 Å². The summed E-state index contributed by atoms with van der Waals surface area (Å²) in [5.74, 6) is 0.862. The van der Waals surface area contributed by atoms with Crippen LogP contribution in [0.1, 0.15) is 132 Å². The monoisotopic (exact) mass is 587 g/mol. The lowest BCUT2D eigenvalue weighted by atomic mass is 9.90. The highest BCUT2D eigenvalue weighted by Crippen LogP contribution is 2.39. The molecule has 0 spiro atoms. The molecule has 234 valence electrons. The summed E-state index contributed by atoms with van der Waals surface area (Å²) in [6.07, 6.45) is 18.0. The van der Waals surface area contributed by atoms with Crippen LogP contribution in [0.2, 0.25) is 0 Å². The van der Waals surface area contributed by atoms with Gasteiger partial charge >= 0.3 is 0 Å². The molecule has 0 saturated carbocycles. The highest BCUT2D eigenvalue weighted by atomic mass is 15.2. The van der Waals surface area contributed by atoms with E-state index in [0.29, 0.717) is 0 Å². The molecule has 44 heavy (non-hydrogen) atoms. The maximum absolute atomic E-state index is 2.77. The van der Waals surface area contributed by atoms with Gasteiger partial charge in [-0.05, 0) is 34.6 Å². The third-order valence-corrected chi connectivity index (χ3v) is 9.07. The highest BCUT2D eigenvalue weighted by Gasteiger charge is 2.30. The van der Waals surface area contributed by atoms with Gasteiger partial charge in [-0.15, -0.1) is 0 Å². The third-order valence-electron chi connectivity index (χ3n) is 9.07. The fourth-order valence-corrected chi connectivity index (χ4v) is 6.71. The number of nitrogens with zero attached hydrogens (tertiary/aromatic N) is 1. The molecule has 1 nitrogen and oxygen atoms in total. The van der Waals surface area contributed by atoms with Crippen LogP contribution in [0, 0.1) is 5.92 Å². The molecule has 1 heteroatoms. The van der Waals surface area contributed by atoms with Crippen LogP contribution in [-0.2, 0) is 0 Å². The quantitative estimate of drug-likeness (QED) is 0.0876. The van der Waals surface area contributed by atoms with Gasteiger partial charge in [0.15, 0.2) is 0 Å². The Morgan fingerprint density at radius 2 is 0.636 bits per heavy atom. The van der Waals surface area contributed by atoms with Gasteiger partial charge in [-0.3, -0.25) is 4.90 Å². The Labute approximate surface area is 269 Å². The first-order valence-electron chi connectivity index (χ1n) is 17.7. The van der Waals surface area contributed by atoms with E-state index in [1.54, 1.807) is 0 Å². The van der Waals surface area contributed by atoms with Crippen LogP contribution in [-0.4, -0.2) is 11.4 Å². The van der Waals surface area contributed by atoms with Crippen molar-refractivity contribution in [3.05, 3.63) is 144 Å². The summed E-state index contributed by atoms with van der Waals surface area (Å²) in [4.78, 5) is 2.77. The fraction of sp³-hybridized carbons (Fsp3) is 0.442. The minimum atomic E-state index is 0.174. The Morgan fingerprint density at radius 1 is 0.364 bits per heavy atom. The molecule has 0 amide bonds. The standard InChI is InChI=1S/C43H57N/c1-37(2)27-17-11-9-7-5-3-4-6-8-10-12-26-36-44(42(38-28-18-13-19-29-38)39-30-20-14-21-31-39)43(40-32-22-15-23-33-40)41-34-24-16-25-35-41/h13-16,18-25,28-35,37,42-43H,3-12,17,26-27,36H2,1-2H3. The van der Waals surface area contributed by atoms with Gasteiger partial charge in [0.05, 0.1) is 12.1 Å². The van der Waals surface area contributed by atoms with Crippen molar-refractivity contribution in [1.82, 2.24) is 4.90 Å². The van der Waals surface area contributed by atoms with Gasteiger partial charge in [0.25, 0.3) is 0 Å². The topological polar surface area (TPSA) is 3.24 Å². The number of benzene rings is 4. The molecule has 0 atom stereocenters. The predicted octanol–water partition coefficient (Wildman–Crippen LogP) is 12.6. The molecule has 0 aliphatic heterocycles. The predicted molar refractivity (Wildman–Crippen MR) is 191 cm³/mol. The Morgan fingerprint density at radius 3 is 0.932 bits per heavy atom. The normalized spacial score (nSPS) is 11.7. The van der Waals surface area contributed by atoms with E-state index in [2.05, 4.69) is 140 Å². The Hall–Kier alpha value is -3.16. The van der Waals surface area contributed by atoms with Crippen LogP contribution in [0.25, 0.3) is 0 Å². The third kappa shape index (κ3) is 11.4. The van der Waals surface area contributed by atoms with Crippen molar-refractivity contribution in [1.29, 1.82) is 0 Å². The maximum Gasteiger partial charge on any atom is 0.0610 e. The summed E-state index contributed by atoms with van der Waals surface area (Å²) in [7, 11) is 0. The second kappa shape index (κ2) is 20.0. The minimum absolute atomic E-state index is 0.174. The summed E-state index contributed by atoms with van der Waals surface area (Å²) >= 11 is 0. The minimum Gasteiger partial charge on any atom is -0.281 e. The molecule has 0 saturated heterocycles. The first kappa shape index (κ1) is 33.7. The fourth-order valence-electron chi connectivity index (χ4n) is 6.71. The molecular weight excluding hydrogens is 530 g/mol. The lowest BCUT2D eigenvalue weighted by Gasteiger charge is -2.39. The van der Waals surface area contributed by atoms with Crippen molar-refractivity contribution >= 4 is 0 Å². The zero-order valence-electron chi connectivity index (χ0n) is 27.6. The van der Waals surface area contributed by atoms with Gasteiger partial charge < -0.3 is 0 Å². The van der Waals surface area contributed by atoms with Crippen molar-refractivity contribution in [2.45, 2.75) is 109 Å². The van der Waals surface area contributed by atoms with Crippen LogP contribution >= 0.6 is 0 Å². The first-order chi connectivity index (χ1) is 21.7. The van der Waals surface area contributed by atoms with Crippen molar-refractivity contribution in [3.8, 4) is 0 Å². The van der Waals surface area contributed by atoms with Gasteiger partial charge in [-0.1, -0.05) is 212 Å². The Bertz CT molecular complexity index is 1070. The Balaban J connectivity index is 1.39. The molecular formula is C43H57N. The van der Waals surface area contributed by atoms with Crippen LogP contribution in [0.5, 0.6) is 0 Å². The van der Waals surface area contributed by atoms with Gasteiger partial charge in [0.2, 0.25) is 0 Å². The van der Waals surface area contributed by atoms with E-state index >= 15 is 0 Å². The van der Waals surface area contributed by atoms with Crippen LogP contribution < -0.4 is 0 Å². The van der Waals surface area contributed by atoms with E-state index in [4.69, 9.17) is 0 Å². The summed E-state index contributed by atoms with van der Waals surface area (Å²) in [6, 6.07) is 44.9. The zero-order chi connectivity index (χ0) is 30.7. The van der Waals surface area contributed by atoms with Gasteiger partial charge in [0.1, 0.15) is 0 Å². The number of hydrogen-bond donors (Lipinski definition) is 0. The first-order valence-corrected chi connectivity index (χ1v) is 17.7. The molecule has 0 heterocycles. The van der Waals surface area contributed by atoms with E-state index in [9.17, 15) is 0 Å². The molecule has 0 unspecified atom stereocenters. The van der Waals surface area contributed by atoms with Gasteiger partial charge in [-0.25, -0.2) is 0 Å². The van der Waals surface area contributed by atoms with Gasteiger partial charge in [0, 0.05) is 6.54 Å². The van der Waals surface area contributed by atoms with E-state index < -0.39 is 0 Å². The SMILES string of the molecule is CC(C)CCCCCCCCCCCCCCN(C(c1ccccc1)c1ccccc1)C(c1ccccc1)c1ccccc1. The van der Waals surface area contributed by atoms with Crippen LogP contribution in [0.4, 0.5) is 0 Å². The van der Waals surface area contributed by atoms with Crippen molar-refractivity contribution in [3.63, 3.8) is 0 Å². The van der Waals surface area contributed by atoms with E-state index in [1.165, 1.54) is 106 Å². The number of unbranched alkanes of at least 4 members (excludes halogenated alkanes) is 11. The Kier molecular flexibility index (Phi) is 15.3. The molecule has 4 aromatic carbocycles. The number of rotatable bonds is 21. The van der Waals surface area contributed by atoms with E-state index in [1.807, 2.05) is 0 Å². The second-order valence-electron chi connectivity index (χ2n) is 13.1. The molecule has 0 radical (unpaired) electrons. The van der Waals surface area contributed by atoms with Gasteiger partial charge in [-0.2, -0.15) is 0 Å². The molecule has 0 aliphatic carbocycles. The lowest BCUT2D eigenvalue weighted by Crippen LogP contribution is -2.35. The smallest absolute Gasteiger partial charge is 0.0610 e. The zero-order valence-corrected chi connectivity index (χ0v) is 27.6. The van der Waals surface area contributed by atoms with Crippen LogP contribution in [0.3, 0.4) is 0 Å². The molecule has 0 aliphatic rings. The van der Waals surface area contributed by atoms with E-state index in [-0.39, 0.29) is 12.1 Å². The van der Waals surface area contributed by atoms with E-state index in [0.717, 1.165) is 12.5 Å². The second-order valence-corrected chi connectivity index (χ2v) is 13.1. The molecule has 0 fully saturated rings. The average molecular weight is 588 g/mol. The molecule has 4 rings (SSSR count). The summed E-state index contributed by atoms with van der Waals surface area (Å²) < 4.78 is 0. The van der Waals surface area contributed by atoms with Crippen molar-refractivity contribution < 1.29 is 0 Å². The average Bonchev–Trinajstić information content (AvgIpc) is 3.07. The maximum atomic E-state index is 2.77. The largest absolute Gasteiger partial charge is 0.281 e. The molecule has 0 aromatic heterocycles. The summed E-state index contributed by atoms with van der Waals surface area (Å²) in [5, 5.41) is 0. The summed E-state index contributed by atoms with van der Waals surface area (Å²) in [5.41, 5.74) is 5.43. The summed E-state index contributed by atoms with van der Waals surface area (Å²) in [6.45, 7) is 5.74. The number of hydrogen-bond acceptors (Lipinski definition) is 1. The van der Waals surface area contributed by atoms with Crippen molar-refractivity contribution in [2.24, 2.45) is 5.92 Å².